The summed E-state index contributed by atoms with van der Waals surface area (Å²) in [6.07, 6.45) is 2.46. The van der Waals surface area contributed by atoms with Crippen LogP contribution in [0.25, 0.3) is 0 Å². The zero-order valence-corrected chi connectivity index (χ0v) is 10.8. The number of aliphatic hydroxyl groups excluding tert-OH is 1. The number of aromatic nitrogens is 2. The summed E-state index contributed by atoms with van der Waals surface area (Å²) < 4.78 is 6.93. The molecule has 2 heterocycles. The van der Waals surface area contributed by atoms with Gasteiger partial charge in [-0.3, -0.25) is 9.48 Å². The molecule has 1 aliphatic rings. The normalized spacial score (nSPS) is 20.2. The summed E-state index contributed by atoms with van der Waals surface area (Å²) in [6, 6.07) is -0.254. The lowest BCUT2D eigenvalue weighted by Crippen LogP contribution is -2.50. The van der Waals surface area contributed by atoms with Crippen LogP contribution in [0.3, 0.4) is 0 Å². The van der Waals surface area contributed by atoms with Gasteiger partial charge in [0.15, 0.2) is 0 Å². The lowest BCUT2D eigenvalue weighted by molar-refractivity contribution is -0.0184. The number of rotatable bonds is 3. The summed E-state index contributed by atoms with van der Waals surface area (Å²) in [6.45, 7) is 3.32. The van der Waals surface area contributed by atoms with E-state index in [0.29, 0.717) is 25.3 Å². The number of morpholine rings is 1. The first-order valence-electron chi connectivity index (χ1n) is 6.19. The molecule has 0 aliphatic carbocycles. The molecular weight excluding hydrogens is 234 g/mol. The van der Waals surface area contributed by atoms with Gasteiger partial charge in [-0.05, 0) is 6.42 Å². The quantitative estimate of drug-likeness (QED) is 0.811. The molecule has 0 radical (unpaired) electrons. The monoisotopic (exact) mass is 253 g/mol. The molecule has 0 bridgehead atoms. The second-order valence-electron chi connectivity index (χ2n) is 4.43. The Morgan fingerprint density at radius 1 is 1.67 bits per heavy atom. The highest BCUT2D eigenvalue weighted by Crippen LogP contribution is 2.15. The van der Waals surface area contributed by atoms with Crippen LogP contribution in [0.2, 0.25) is 0 Å². The van der Waals surface area contributed by atoms with Crippen LogP contribution in [0.15, 0.2) is 6.20 Å². The molecule has 18 heavy (non-hydrogen) atoms. The maximum Gasteiger partial charge on any atom is 0.257 e. The van der Waals surface area contributed by atoms with E-state index in [0.717, 1.165) is 12.1 Å². The number of ether oxygens (including phenoxy) is 1. The highest BCUT2D eigenvalue weighted by Gasteiger charge is 2.29. The number of carbonyl (C=O) groups excluding carboxylic acids is 1. The number of nitrogens with zero attached hydrogens (tertiary/aromatic N) is 3. The average molecular weight is 253 g/mol. The lowest BCUT2D eigenvalue weighted by Gasteiger charge is -2.34. The standard InChI is InChI=1S/C12H19N3O3/c1-3-11-10(6-14(2)13-11)12(17)15-4-5-18-8-9(15)7-16/h6,9,16H,3-5,7-8H2,1-2H3. The first-order valence-corrected chi connectivity index (χ1v) is 6.19. The Morgan fingerprint density at radius 2 is 2.44 bits per heavy atom. The van der Waals surface area contributed by atoms with Gasteiger partial charge in [-0.2, -0.15) is 5.10 Å². The molecule has 1 unspecified atom stereocenters. The van der Waals surface area contributed by atoms with Crippen molar-refractivity contribution in [1.29, 1.82) is 0 Å². The van der Waals surface area contributed by atoms with Crippen LogP contribution in [0.4, 0.5) is 0 Å². The third-order valence-electron chi connectivity index (χ3n) is 3.17. The fraction of sp³-hybridized carbons (Fsp3) is 0.667. The predicted molar refractivity (Wildman–Crippen MR) is 65.3 cm³/mol. The van der Waals surface area contributed by atoms with E-state index in [2.05, 4.69) is 5.10 Å². The number of aliphatic hydroxyl groups is 1. The highest BCUT2D eigenvalue weighted by molar-refractivity contribution is 5.95. The summed E-state index contributed by atoms with van der Waals surface area (Å²) in [5, 5.41) is 13.6. The van der Waals surface area contributed by atoms with Crippen molar-refractivity contribution < 1.29 is 14.6 Å². The van der Waals surface area contributed by atoms with Crippen LogP contribution in [0.5, 0.6) is 0 Å². The molecule has 1 aliphatic heterocycles. The van der Waals surface area contributed by atoms with E-state index in [4.69, 9.17) is 4.74 Å². The van der Waals surface area contributed by atoms with E-state index < -0.39 is 0 Å². The Labute approximate surface area is 106 Å². The Balaban J connectivity index is 2.23. The molecule has 2 rings (SSSR count). The molecule has 1 fully saturated rings. The van der Waals surface area contributed by atoms with Crippen molar-refractivity contribution in [2.24, 2.45) is 7.05 Å². The van der Waals surface area contributed by atoms with Crippen molar-refractivity contribution in [3.8, 4) is 0 Å². The van der Waals surface area contributed by atoms with Crippen LogP contribution in [-0.4, -0.2) is 58.1 Å². The Kier molecular flexibility index (Phi) is 3.98. The third kappa shape index (κ3) is 2.39. The van der Waals surface area contributed by atoms with Gasteiger partial charge in [0.25, 0.3) is 5.91 Å². The predicted octanol–water partition coefficient (Wildman–Crippen LogP) is -0.184. The zero-order chi connectivity index (χ0) is 13.1. The van der Waals surface area contributed by atoms with Gasteiger partial charge >= 0.3 is 0 Å². The summed E-state index contributed by atoms with van der Waals surface area (Å²) in [5.74, 6) is -0.0673. The molecule has 1 N–H and O–H groups in total. The third-order valence-corrected chi connectivity index (χ3v) is 3.17. The number of amides is 1. The molecule has 1 atom stereocenters. The minimum Gasteiger partial charge on any atom is -0.394 e. The SMILES string of the molecule is CCc1nn(C)cc1C(=O)N1CCOCC1CO. The Morgan fingerprint density at radius 3 is 3.11 bits per heavy atom. The second-order valence-corrected chi connectivity index (χ2v) is 4.43. The second kappa shape index (κ2) is 5.49. The van der Waals surface area contributed by atoms with Crippen molar-refractivity contribution in [2.75, 3.05) is 26.4 Å². The smallest absolute Gasteiger partial charge is 0.257 e. The number of hydrogen-bond acceptors (Lipinski definition) is 4. The summed E-state index contributed by atoms with van der Waals surface area (Å²) in [7, 11) is 1.80. The molecule has 1 amide bonds. The maximum absolute atomic E-state index is 12.5. The molecule has 1 aromatic heterocycles. The van der Waals surface area contributed by atoms with Gasteiger partial charge in [0.1, 0.15) is 0 Å². The number of hydrogen-bond donors (Lipinski definition) is 1. The van der Waals surface area contributed by atoms with E-state index in [9.17, 15) is 9.90 Å². The molecule has 6 nitrogen and oxygen atoms in total. The van der Waals surface area contributed by atoms with Crippen molar-refractivity contribution in [3.63, 3.8) is 0 Å². The van der Waals surface area contributed by atoms with E-state index in [1.165, 1.54) is 0 Å². The average Bonchev–Trinajstić information content (AvgIpc) is 2.79. The highest BCUT2D eigenvalue weighted by atomic mass is 16.5. The molecule has 1 aromatic rings. The molecule has 1 saturated heterocycles. The Bertz CT molecular complexity index is 430. The summed E-state index contributed by atoms with van der Waals surface area (Å²) >= 11 is 0. The summed E-state index contributed by atoms with van der Waals surface area (Å²) in [5.41, 5.74) is 1.42. The molecule has 0 spiro atoms. The van der Waals surface area contributed by atoms with Crippen LogP contribution >= 0.6 is 0 Å². The van der Waals surface area contributed by atoms with Gasteiger partial charge in [-0.15, -0.1) is 0 Å². The van der Waals surface area contributed by atoms with Crippen molar-refractivity contribution >= 4 is 5.91 Å². The van der Waals surface area contributed by atoms with Gasteiger partial charge < -0.3 is 14.7 Å². The first kappa shape index (κ1) is 13.0. The maximum atomic E-state index is 12.5. The van der Waals surface area contributed by atoms with E-state index in [1.807, 2.05) is 6.92 Å². The largest absolute Gasteiger partial charge is 0.394 e. The van der Waals surface area contributed by atoms with Crippen LogP contribution in [0, 0.1) is 0 Å². The molecular formula is C12H19N3O3. The lowest BCUT2D eigenvalue weighted by atomic mass is 10.1. The van der Waals surface area contributed by atoms with Gasteiger partial charge in [0.2, 0.25) is 0 Å². The molecule has 0 aromatic carbocycles. The fourth-order valence-electron chi connectivity index (χ4n) is 2.20. The molecule has 6 heteroatoms. The fourth-order valence-corrected chi connectivity index (χ4v) is 2.20. The van der Waals surface area contributed by atoms with Crippen molar-refractivity contribution in [3.05, 3.63) is 17.5 Å². The minimum atomic E-state index is -0.254. The van der Waals surface area contributed by atoms with Crippen LogP contribution in [0.1, 0.15) is 23.0 Å². The summed E-state index contributed by atoms with van der Waals surface area (Å²) in [4.78, 5) is 14.1. The van der Waals surface area contributed by atoms with Crippen molar-refractivity contribution in [1.82, 2.24) is 14.7 Å². The molecule has 0 saturated carbocycles. The van der Waals surface area contributed by atoms with Gasteiger partial charge in [-0.25, -0.2) is 0 Å². The topological polar surface area (TPSA) is 67.6 Å². The van der Waals surface area contributed by atoms with Crippen molar-refractivity contribution in [2.45, 2.75) is 19.4 Å². The van der Waals surface area contributed by atoms with E-state index in [1.54, 1.807) is 22.8 Å². The van der Waals surface area contributed by atoms with Gasteiger partial charge in [0, 0.05) is 19.8 Å². The number of carbonyl (C=O) groups is 1. The van der Waals surface area contributed by atoms with Gasteiger partial charge in [-0.1, -0.05) is 6.92 Å². The molecule has 100 valence electrons. The van der Waals surface area contributed by atoms with E-state index in [-0.39, 0.29) is 18.6 Å². The zero-order valence-electron chi connectivity index (χ0n) is 10.8. The van der Waals surface area contributed by atoms with Crippen LogP contribution in [-0.2, 0) is 18.2 Å². The van der Waals surface area contributed by atoms with E-state index >= 15 is 0 Å². The number of aryl methyl sites for hydroxylation is 2. The Hall–Kier alpha value is -1.40. The minimum absolute atomic E-state index is 0.0673. The first-order chi connectivity index (χ1) is 8.67. The van der Waals surface area contributed by atoms with Crippen LogP contribution < -0.4 is 0 Å². The van der Waals surface area contributed by atoms with Gasteiger partial charge in [0.05, 0.1) is 37.1 Å².